The Hall–Kier alpha value is -5.23. The smallest absolute Gasteiger partial charge is 0.343 e. The lowest BCUT2D eigenvalue weighted by Crippen LogP contribution is -2.33. The van der Waals surface area contributed by atoms with Crippen LogP contribution in [-0.2, 0) is 4.79 Å². The van der Waals surface area contributed by atoms with Gasteiger partial charge in [-0.3, -0.25) is 4.79 Å². The Balaban J connectivity index is 1.28. The molecule has 40 heavy (non-hydrogen) atoms. The summed E-state index contributed by atoms with van der Waals surface area (Å²) in [5.41, 5.74) is 6.76. The van der Waals surface area contributed by atoms with E-state index in [1.54, 1.807) is 25.1 Å². The van der Waals surface area contributed by atoms with Crippen molar-refractivity contribution >= 4 is 28.9 Å². The van der Waals surface area contributed by atoms with Crippen LogP contribution in [0.15, 0.2) is 120 Å². The van der Waals surface area contributed by atoms with Crippen LogP contribution in [-0.4, -0.2) is 24.2 Å². The summed E-state index contributed by atoms with van der Waals surface area (Å²) in [7, 11) is 0. The lowest BCUT2D eigenvalue weighted by Gasteiger charge is -2.14. The number of nitrogens with zero attached hydrogens (tertiary/aromatic N) is 1. The van der Waals surface area contributed by atoms with Crippen LogP contribution in [0.25, 0.3) is 21.9 Å². The quantitative estimate of drug-likeness (QED) is 0.102. The highest BCUT2D eigenvalue weighted by Gasteiger charge is 2.16. The molecule has 0 saturated heterocycles. The van der Waals surface area contributed by atoms with Gasteiger partial charge in [0.1, 0.15) is 11.5 Å². The van der Waals surface area contributed by atoms with E-state index in [0.717, 1.165) is 27.5 Å². The standard InChI is InChI=1S/C34H28N2O4/c1-23-12-14-28(15-13-23)34(38)40-32-21-18-27-10-6-7-11-30(27)31(32)22-35-36-33(37)24(2)39-29-19-16-26(17-20-29)25-8-4-3-5-9-25/h3-22,24H,1-2H3,(H,36,37)/b35-22+. The molecule has 0 radical (unpaired) electrons. The Morgan fingerprint density at radius 3 is 2.20 bits per heavy atom. The molecule has 0 aromatic heterocycles. The van der Waals surface area contributed by atoms with E-state index in [9.17, 15) is 9.59 Å². The first-order valence-electron chi connectivity index (χ1n) is 12.9. The molecule has 6 heteroatoms. The number of carbonyl (C=O) groups is 2. The number of amides is 1. The summed E-state index contributed by atoms with van der Waals surface area (Å²) in [5.74, 6) is 0.0202. The van der Waals surface area contributed by atoms with Crippen molar-refractivity contribution in [3.8, 4) is 22.6 Å². The summed E-state index contributed by atoms with van der Waals surface area (Å²) >= 11 is 0. The van der Waals surface area contributed by atoms with Crippen molar-refractivity contribution in [3.05, 3.63) is 132 Å². The molecule has 0 aliphatic rings. The predicted molar refractivity (Wildman–Crippen MR) is 158 cm³/mol. The van der Waals surface area contributed by atoms with Gasteiger partial charge in [-0.15, -0.1) is 0 Å². The minimum atomic E-state index is -0.786. The number of hydrogen-bond acceptors (Lipinski definition) is 5. The van der Waals surface area contributed by atoms with Crippen molar-refractivity contribution in [2.24, 2.45) is 5.10 Å². The molecule has 0 bridgehead atoms. The number of esters is 1. The average molecular weight is 529 g/mol. The second-order valence-electron chi connectivity index (χ2n) is 9.34. The maximum atomic E-state index is 12.8. The van der Waals surface area contributed by atoms with E-state index in [4.69, 9.17) is 9.47 Å². The van der Waals surface area contributed by atoms with Gasteiger partial charge in [-0.25, -0.2) is 10.2 Å². The fourth-order valence-corrected chi connectivity index (χ4v) is 4.21. The summed E-state index contributed by atoms with van der Waals surface area (Å²) in [6.07, 6.45) is 0.699. The molecule has 0 saturated carbocycles. The molecule has 0 spiro atoms. The van der Waals surface area contributed by atoms with Crippen LogP contribution >= 0.6 is 0 Å². The molecule has 5 rings (SSSR count). The zero-order chi connectivity index (χ0) is 27.9. The number of carbonyl (C=O) groups excluding carboxylic acids is 2. The first-order valence-corrected chi connectivity index (χ1v) is 12.9. The van der Waals surface area contributed by atoms with Gasteiger partial charge in [-0.2, -0.15) is 5.10 Å². The zero-order valence-corrected chi connectivity index (χ0v) is 22.2. The molecular formula is C34H28N2O4. The maximum absolute atomic E-state index is 12.8. The number of hydrazone groups is 1. The highest BCUT2D eigenvalue weighted by Crippen LogP contribution is 2.28. The van der Waals surface area contributed by atoms with Crippen LogP contribution in [0.2, 0.25) is 0 Å². The van der Waals surface area contributed by atoms with Crippen LogP contribution in [0.5, 0.6) is 11.5 Å². The number of hydrogen-bond donors (Lipinski definition) is 1. The van der Waals surface area contributed by atoms with Gasteiger partial charge in [-0.1, -0.05) is 90.5 Å². The molecular weight excluding hydrogens is 500 g/mol. The van der Waals surface area contributed by atoms with Crippen LogP contribution in [0.4, 0.5) is 0 Å². The molecule has 1 atom stereocenters. The summed E-state index contributed by atoms with van der Waals surface area (Å²) in [5, 5.41) is 5.94. The van der Waals surface area contributed by atoms with Crippen molar-refractivity contribution in [1.82, 2.24) is 5.43 Å². The monoisotopic (exact) mass is 528 g/mol. The Kier molecular flexibility index (Phi) is 7.97. The topological polar surface area (TPSA) is 77.0 Å². The van der Waals surface area contributed by atoms with E-state index < -0.39 is 18.0 Å². The maximum Gasteiger partial charge on any atom is 0.343 e. The molecule has 6 nitrogen and oxygen atoms in total. The minimum absolute atomic E-state index is 0.338. The Labute approximate surface area is 232 Å². The van der Waals surface area contributed by atoms with Gasteiger partial charge >= 0.3 is 5.97 Å². The van der Waals surface area contributed by atoms with E-state index >= 15 is 0 Å². The highest BCUT2D eigenvalue weighted by atomic mass is 16.5. The van der Waals surface area contributed by atoms with E-state index in [-0.39, 0.29) is 0 Å². The molecule has 1 unspecified atom stereocenters. The Morgan fingerprint density at radius 1 is 0.775 bits per heavy atom. The molecule has 0 aliphatic heterocycles. The van der Waals surface area contributed by atoms with Crippen LogP contribution in [0.1, 0.15) is 28.4 Å². The fraction of sp³-hybridized carbons (Fsp3) is 0.0882. The van der Waals surface area contributed by atoms with Gasteiger partial charge in [0.25, 0.3) is 5.91 Å². The normalized spacial score (nSPS) is 11.8. The third-order valence-electron chi connectivity index (χ3n) is 6.43. The third kappa shape index (κ3) is 6.25. The van der Waals surface area contributed by atoms with Crippen molar-refractivity contribution in [1.29, 1.82) is 0 Å². The largest absolute Gasteiger partial charge is 0.481 e. The number of aryl methyl sites for hydroxylation is 1. The second kappa shape index (κ2) is 12.1. The van der Waals surface area contributed by atoms with Crippen LogP contribution in [0.3, 0.4) is 0 Å². The van der Waals surface area contributed by atoms with Crippen LogP contribution in [0, 0.1) is 6.92 Å². The van der Waals surface area contributed by atoms with Gasteiger partial charge in [0.2, 0.25) is 0 Å². The molecule has 5 aromatic rings. The molecule has 0 aliphatic carbocycles. The number of ether oxygens (including phenoxy) is 2. The SMILES string of the molecule is Cc1ccc(C(=O)Oc2ccc3ccccc3c2/C=N/NC(=O)C(C)Oc2ccc(-c3ccccc3)cc2)cc1. The first-order chi connectivity index (χ1) is 19.5. The lowest BCUT2D eigenvalue weighted by molar-refractivity contribution is -0.127. The van der Waals surface area contributed by atoms with Crippen molar-refractivity contribution in [2.75, 3.05) is 0 Å². The summed E-state index contributed by atoms with van der Waals surface area (Å²) in [4.78, 5) is 25.5. The van der Waals surface area contributed by atoms with Crippen molar-refractivity contribution in [3.63, 3.8) is 0 Å². The molecule has 1 amide bonds. The van der Waals surface area contributed by atoms with Gasteiger partial charge in [0, 0.05) is 5.56 Å². The first kappa shape index (κ1) is 26.4. The average Bonchev–Trinajstić information content (AvgIpc) is 2.99. The number of nitrogens with one attached hydrogen (secondary N) is 1. The molecule has 5 aromatic carbocycles. The lowest BCUT2D eigenvalue weighted by atomic mass is 10.0. The second-order valence-corrected chi connectivity index (χ2v) is 9.34. The molecule has 198 valence electrons. The number of fused-ring (bicyclic) bond motifs is 1. The van der Waals surface area contributed by atoms with Crippen LogP contribution < -0.4 is 14.9 Å². The minimum Gasteiger partial charge on any atom is -0.481 e. The Bertz CT molecular complexity index is 1660. The summed E-state index contributed by atoms with van der Waals surface area (Å²) in [6, 6.07) is 36.0. The number of rotatable bonds is 8. The third-order valence-corrected chi connectivity index (χ3v) is 6.43. The summed E-state index contributed by atoms with van der Waals surface area (Å²) < 4.78 is 11.6. The van der Waals surface area contributed by atoms with Gasteiger partial charge in [-0.05, 0) is 66.1 Å². The van der Waals surface area contributed by atoms with Crippen molar-refractivity contribution < 1.29 is 19.1 Å². The summed E-state index contributed by atoms with van der Waals surface area (Å²) in [6.45, 7) is 3.61. The Morgan fingerprint density at radius 2 is 1.45 bits per heavy atom. The molecule has 0 heterocycles. The zero-order valence-electron chi connectivity index (χ0n) is 22.2. The fourth-order valence-electron chi connectivity index (χ4n) is 4.21. The molecule has 1 N–H and O–H groups in total. The van der Waals surface area contributed by atoms with E-state index in [2.05, 4.69) is 10.5 Å². The number of benzene rings is 5. The highest BCUT2D eigenvalue weighted by molar-refractivity contribution is 6.04. The molecule has 0 fully saturated rings. The van der Waals surface area contributed by atoms with E-state index in [0.29, 0.717) is 22.6 Å². The van der Waals surface area contributed by atoms with Gasteiger partial charge in [0.05, 0.1) is 11.8 Å². The predicted octanol–water partition coefficient (Wildman–Crippen LogP) is 6.95. The van der Waals surface area contributed by atoms with Gasteiger partial charge < -0.3 is 9.47 Å². The van der Waals surface area contributed by atoms with E-state index in [1.807, 2.05) is 104 Å². The van der Waals surface area contributed by atoms with E-state index in [1.165, 1.54) is 6.21 Å². The van der Waals surface area contributed by atoms with Gasteiger partial charge in [0.15, 0.2) is 6.10 Å². The van der Waals surface area contributed by atoms with Crippen molar-refractivity contribution in [2.45, 2.75) is 20.0 Å².